The fourth-order valence-corrected chi connectivity index (χ4v) is 4.13. The summed E-state index contributed by atoms with van der Waals surface area (Å²) in [6.45, 7) is 5.28. The molecular formula is C20H28ClN3O5. The number of para-hydroxylation sites is 1. The molecule has 2 aliphatic rings. The van der Waals surface area contributed by atoms with Gasteiger partial charge in [-0.1, -0.05) is 18.2 Å². The lowest BCUT2D eigenvalue weighted by atomic mass is 9.91. The SMILES string of the molecule is CC(C)OC(=O)CC(NC(=O)C1CC12CCNCC2)c1ccccc1[N+](=O)[O-].Cl. The molecule has 2 unspecified atom stereocenters. The molecule has 2 fully saturated rings. The molecule has 29 heavy (non-hydrogen) atoms. The third-order valence-corrected chi connectivity index (χ3v) is 5.67. The van der Waals surface area contributed by atoms with Crippen molar-refractivity contribution in [1.29, 1.82) is 0 Å². The molecule has 8 nitrogen and oxygen atoms in total. The molecule has 0 bridgehead atoms. The van der Waals surface area contributed by atoms with Gasteiger partial charge in [0.2, 0.25) is 5.91 Å². The van der Waals surface area contributed by atoms with Crippen molar-refractivity contribution in [3.63, 3.8) is 0 Å². The highest BCUT2D eigenvalue weighted by atomic mass is 35.5. The van der Waals surface area contributed by atoms with Crippen LogP contribution in [0.5, 0.6) is 0 Å². The maximum absolute atomic E-state index is 12.9. The van der Waals surface area contributed by atoms with Crippen LogP contribution in [-0.2, 0) is 14.3 Å². The molecule has 1 spiro atoms. The molecule has 1 aliphatic carbocycles. The third-order valence-electron chi connectivity index (χ3n) is 5.67. The fraction of sp³-hybridized carbons (Fsp3) is 0.600. The van der Waals surface area contributed by atoms with Crippen LogP contribution in [0.3, 0.4) is 0 Å². The van der Waals surface area contributed by atoms with E-state index in [-0.39, 0.29) is 47.9 Å². The summed E-state index contributed by atoms with van der Waals surface area (Å²) >= 11 is 0. The van der Waals surface area contributed by atoms with E-state index in [4.69, 9.17) is 4.74 Å². The molecule has 1 heterocycles. The standard InChI is InChI=1S/C20H27N3O5.ClH/c1-13(2)28-18(24)11-16(14-5-3-4-6-17(14)23(26)27)22-19(25)15-12-20(15)7-9-21-10-8-20;/h3-6,13,15-16,21H,7-12H2,1-2H3,(H,22,25);1H. The largest absolute Gasteiger partial charge is 0.463 e. The number of rotatable bonds is 7. The van der Waals surface area contributed by atoms with Crippen LogP contribution in [-0.4, -0.2) is 36.0 Å². The van der Waals surface area contributed by atoms with E-state index in [1.165, 1.54) is 6.07 Å². The lowest BCUT2D eigenvalue weighted by molar-refractivity contribution is -0.385. The van der Waals surface area contributed by atoms with Crippen molar-refractivity contribution < 1.29 is 19.2 Å². The molecule has 0 radical (unpaired) electrons. The van der Waals surface area contributed by atoms with Crippen molar-refractivity contribution >= 4 is 30.0 Å². The average molecular weight is 426 g/mol. The van der Waals surface area contributed by atoms with E-state index in [1.54, 1.807) is 32.0 Å². The number of amides is 1. The first-order valence-electron chi connectivity index (χ1n) is 9.76. The second-order valence-electron chi connectivity index (χ2n) is 7.99. The zero-order chi connectivity index (χ0) is 20.3. The van der Waals surface area contributed by atoms with Crippen LogP contribution >= 0.6 is 12.4 Å². The predicted octanol–water partition coefficient (Wildman–Crippen LogP) is 2.91. The van der Waals surface area contributed by atoms with Gasteiger partial charge in [0.05, 0.1) is 29.1 Å². The van der Waals surface area contributed by atoms with Crippen LogP contribution in [0.2, 0.25) is 0 Å². The van der Waals surface area contributed by atoms with Gasteiger partial charge >= 0.3 is 5.97 Å². The van der Waals surface area contributed by atoms with Crippen molar-refractivity contribution in [2.75, 3.05) is 13.1 Å². The van der Waals surface area contributed by atoms with E-state index in [1.807, 2.05) is 0 Å². The third kappa shape index (κ3) is 5.45. The van der Waals surface area contributed by atoms with Crippen molar-refractivity contribution in [1.82, 2.24) is 10.6 Å². The number of esters is 1. The number of benzene rings is 1. The average Bonchev–Trinajstić information content (AvgIpc) is 3.34. The summed E-state index contributed by atoms with van der Waals surface area (Å²) in [4.78, 5) is 36.1. The topological polar surface area (TPSA) is 111 Å². The lowest BCUT2D eigenvalue weighted by Crippen LogP contribution is -2.36. The van der Waals surface area contributed by atoms with Crippen molar-refractivity contribution in [2.45, 2.75) is 51.7 Å². The van der Waals surface area contributed by atoms with Crippen molar-refractivity contribution in [3.8, 4) is 0 Å². The number of carbonyl (C=O) groups is 2. The molecule has 2 atom stereocenters. The Kier molecular flexibility index (Phi) is 7.60. The second kappa shape index (κ2) is 9.54. The summed E-state index contributed by atoms with van der Waals surface area (Å²) in [7, 11) is 0. The molecular weight excluding hydrogens is 398 g/mol. The Bertz CT molecular complexity index is 764. The highest BCUT2D eigenvalue weighted by Gasteiger charge is 2.57. The van der Waals surface area contributed by atoms with Crippen molar-refractivity contribution in [3.05, 3.63) is 39.9 Å². The van der Waals surface area contributed by atoms with Crippen LogP contribution in [0.15, 0.2) is 24.3 Å². The number of nitro groups is 1. The summed E-state index contributed by atoms with van der Waals surface area (Å²) in [6, 6.07) is 5.41. The van der Waals surface area contributed by atoms with E-state index in [0.29, 0.717) is 5.56 Å². The Hall–Kier alpha value is -2.19. The van der Waals surface area contributed by atoms with E-state index >= 15 is 0 Å². The number of halogens is 1. The molecule has 0 aromatic heterocycles. The Morgan fingerprint density at radius 1 is 1.31 bits per heavy atom. The minimum absolute atomic E-state index is 0. The van der Waals surface area contributed by atoms with Gasteiger partial charge in [-0.2, -0.15) is 0 Å². The van der Waals surface area contributed by atoms with Gasteiger partial charge in [-0.05, 0) is 51.6 Å². The van der Waals surface area contributed by atoms with Gasteiger partial charge in [-0.15, -0.1) is 12.4 Å². The zero-order valence-electron chi connectivity index (χ0n) is 16.7. The zero-order valence-corrected chi connectivity index (χ0v) is 17.5. The summed E-state index contributed by atoms with van der Waals surface area (Å²) in [5.74, 6) is -0.728. The highest BCUT2D eigenvalue weighted by Crippen LogP contribution is 2.58. The minimum atomic E-state index is -0.792. The summed E-state index contributed by atoms with van der Waals surface area (Å²) in [6.07, 6.45) is 2.31. The maximum atomic E-state index is 12.9. The maximum Gasteiger partial charge on any atom is 0.308 e. The van der Waals surface area contributed by atoms with E-state index in [9.17, 15) is 19.7 Å². The quantitative estimate of drug-likeness (QED) is 0.394. The molecule has 1 aromatic rings. The molecule has 1 saturated carbocycles. The number of hydrogen-bond donors (Lipinski definition) is 2. The molecule has 1 aromatic carbocycles. The number of nitrogens with one attached hydrogen (secondary N) is 2. The molecule has 2 N–H and O–H groups in total. The van der Waals surface area contributed by atoms with E-state index < -0.39 is 16.9 Å². The number of nitro benzene ring substituents is 1. The van der Waals surface area contributed by atoms with Crippen LogP contribution < -0.4 is 10.6 Å². The predicted molar refractivity (Wildman–Crippen MR) is 110 cm³/mol. The highest BCUT2D eigenvalue weighted by molar-refractivity contribution is 5.85. The fourth-order valence-electron chi connectivity index (χ4n) is 4.13. The summed E-state index contributed by atoms with van der Waals surface area (Å²) in [5, 5.41) is 17.6. The number of piperidine rings is 1. The Labute approximate surface area is 176 Å². The van der Waals surface area contributed by atoms with Gasteiger partial charge in [0, 0.05) is 12.0 Å². The van der Waals surface area contributed by atoms with Gasteiger partial charge in [0.25, 0.3) is 5.69 Å². The van der Waals surface area contributed by atoms with Crippen LogP contribution in [0.1, 0.15) is 51.1 Å². The smallest absolute Gasteiger partial charge is 0.308 e. The van der Waals surface area contributed by atoms with E-state index in [2.05, 4.69) is 10.6 Å². The Morgan fingerprint density at radius 3 is 2.59 bits per heavy atom. The molecule has 9 heteroatoms. The number of ether oxygens (including phenoxy) is 1. The molecule has 3 rings (SSSR count). The molecule has 160 valence electrons. The Balaban J connectivity index is 0.00000300. The van der Waals surface area contributed by atoms with Crippen LogP contribution in [0.4, 0.5) is 5.69 Å². The van der Waals surface area contributed by atoms with Crippen molar-refractivity contribution in [2.24, 2.45) is 11.3 Å². The van der Waals surface area contributed by atoms with Crippen LogP contribution in [0, 0.1) is 21.4 Å². The van der Waals surface area contributed by atoms with Gasteiger partial charge in [-0.3, -0.25) is 19.7 Å². The minimum Gasteiger partial charge on any atom is -0.463 e. The van der Waals surface area contributed by atoms with E-state index in [0.717, 1.165) is 32.4 Å². The molecule has 1 amide bonds. The number of carbonyl (C=O) groups excluding carboxylic acids is 2. The molecule has 1 saturated heterocycles. The van der Waals surface area contributed by atoms with Gasteiger partial charge < -0.3 is 15.4 Å². The first kappa shape index (κ1) is 23.1. The molecule has 1 aliphatic heterocycles. The van der Waals surface area contributed by atoms with Gasteiger partial charge in [0.15, 0.2) is 0 Å². The summed E-state index contributed by atoms with van der Waals surface area (Å²) < 4.78 is 5.20. The first-order valence-corrected chi connectivity index (χ1v) is 9.76. The number of hydrogen-bond acceptors (Lipinski definition) is 6. The summed E-state index contributed by atoms with van der Waals surface area (Å²) in [5.41, 5.74) is 0.250. The first-order chi connectivity index (χ1) is 13.3. The number of nitrogens with zero attached hydrogens (tertiary/aromatic N) is 1. The normalized spacial score (nSPS) is 20.4. The monoisotopic (exact) mass is 425 g/mol. The van der Waals surface area contributed by atoms with Gasteiger partial charge in [-0.25, -0.2) is 0 Å². The van der Waals surface area contributed by atoms with Crippen LogP contribution in [0.25, 0.3) is 0 Å². The lowest BCUT2D eigenvalue weighted by Gasteiger charge is -2.24. The second-order valence-corrected chi connectivity index (χ2v) is 7.99. The Morgan fingerprint density at radius 2 is 1.97 bits per heavy atom. The van der Waals surface area contributed by atoms with Gasteiger partial charge in [0.1, 0.15) is 0 Å².